The largest absolute Gasteiger partial charge is 0.371 e. The normalized spacial score (nSPS) is 39.3. The molecule has 0 bridgehead atoms. The molecule has 2 aliphatic carbocycles. The lowest BCUT2D eigenvalue weighted by Gasteiger charge is -2.43. The average Bonchev–Trinajstić information content (AvgIpc) is 2.41. The minimum atomic E-state index is -0.261. The lowest BCUT2D eigenvalue weighted by molar-refractivity contribution is -0.117. The lowest BCUT2D eigenvalue weighted by Crippen LogP contribution is -2.43. The van der Waals surface area contributed by atoms with Gasteiger partial charge in [-0.3, -0.25) is 0 Å². The molecule has 4 heteroatoms. The summed E-state index contributed by atoms with van der Waals surface area (Å²) in [6, 6.07) is 0. The van der Waals surface area contributed by atoms with E-state index in [2.05, 4.69) is 6.58 Å². The van der Waals surface area contributed by atoms with Crippen molar-refractivity contribution in [1.82, 2.24) is 0 Å². The fourth-order valence-corrected chi connectivity index (χ4v) is 3.30. The van der Waals surface area contributed by atoms with Crippen molar-refractivity contribution in [3.63, 3.8) is 0 Å². The van der Waals surface area contributed by atoms with Gasteiger partial charge in [0.25, 0.3) is 0 Å². The fraction of sp³-hybridized carbons (Fsp3) is 0.714. The quantitative estimate of drug-likeness (QED) is 0.576. The van der Waals surface area contributed by atoms with Gasteiger partial charge >= 0.3 is 0 Å². The molecule has 2 rings (SSSR count). The van der Waals surface area contributed by atoms with Crippen molar-refractivity contribution >= 4 is 0 Å². The van der Waals surface area contributed by atoms with Crippen molar-refractivity contribution in [2.45, 2.75) is 31.5 Å². The van der Waals surface area contributed by atoms with Gasteiger partial charge in [-0.2, -0.15) is 0 Å². The van der Waals surface area contributed by atoms with Gasteiger partial charge in [-0.15, -0.1) is 6.58 Å². The van der Waals surface area contributed by atoms with E-state index in [1.54, 1.807) is 0 Å². The number of ether oxygens (including phenoxy) is 2. The monoisotopic (exact) mass is 254 g/mol. The molecule has 1 saturated carbocycles. The third-order valence-corrected chi connectivity index (χ3v) is 4.20. The SMILES string of the molecule is C=CC1CCC2C(OCO)C=CC(OCO)C2C1. The van der Waals surface area contributed by atoms with E-state index >= 15 is 0 Å². The number of fused-ring (bicyclic) bond motifs is 1. The summed E-state index contributed by atoms with van der Waals surface area (Å²) in [4.78, 5) is 0. The molecule has 0 heterocycles. The molecule has 5 unspecified atom stereocenters. The molecule has 5 atom stereocenters. The van der Waals surface area contributed by atoms with Gasteiger partial charge in [0, 0.05) is 0 Å². The van der Waals surface area contributed by atoms with Crippen molar-refractivity contribution in [3.8, 4) is 0 Å². The second kappa shape index (κ2) is 6.48. The Bertz CT molecular complexity index is 302. The van der Waals surface area contributed by atoms with E-state index in [9.17, 15) is 0 Å². The van der Waals surface area contributed by atoms with E-state index in [-0.39, 0.29) is 25.8 Å². The second-order valence-electron chi connectivity index (χ2n) is 5.04. The molecule has 0 radical (unpaired) electrons. The molecule has 2 N–H and O–H groups in total. The minimum Gasteiger partial charge on any atom is -0.371 e. The van der Waals surface area contributed by atoms with Gasteiger partial charge in [0.2, 0.25) is 0 Å². The summed E-state index contributed by atoms with van der Waals surface area (Å²) in [7, 11) is 0. The molecule has 0 aromatic rings. The van der Waals surface area contributed by atoms with E-state index in [4.69, 9.17) is 19.7 Å². The molecule has 0 amide bonds. The summed E-state index contributed by atoms with van der Waals surface area (Å²) in [6.07, 6.45) is 8.97. The lowest BCUT2D eigenvalue weighted by atomic mass is 9.67. The maximum Gasteiger partial charge on any atom is 0.144 e. The molecule has 1 fully saturated rings. The zero-order chi connectivity index (χ0) is 13.0. The number of hydrogen-bond donors (Lipinski definition) is 2. The molecule has 0 aliphatic heterocycles. The first-order valence-electron chi connectivity index (χ1n) is 6.56. The summed E-state index contributed by atoms with van der Waals surface area (Å²) in [6.45, 7) is 3.35. The first-order chi connectivity index (χ1) is 8.80. The Morgan fingerprint density at radius 2 is 1.67 bits per heavy atom. The van der Waals surface area contributed by atoms with Crippen molar-refractivity contribution in [2.24, 2.45) is 17.8 Å². The van der Waals surface area contributed by atoms with Gasteiger partial charge in [-0.1, -0.05) is 18.2 Å². The molecule has 0 aromatic carbocycles. The van der Waals surface area contributed by atoms with E-state index in [1.807, 2.05) is 18.2 Å². The maximum atomic E-state index is 8.95. The minimum absolute atomic E-state index is 0.0377. The highest BCUT2D eigenvalue weighted by Crippen LogP contribution is 2.42. The molecule has 0 spiro atoms. The standard InChI is InChI=1S/C14H22O4/c1-2-10-3-4-11-12(7-10)14(18-9-16)6-5-13(11)17-8-15/h2,5-6,10-16H,1,3-4,7-9H2. The summed E-state index contributed by atoms with van der Waals surface area (Å²) < 4.78 is 10.8. The Labute approximate surface area is 108 Å². The van der Waals surface area contributed by atoms with Crippen LogP contribution in [0.1, 0.15) is 19.3 Å². The zero-order valence-corrected chi connectivity index (χ0v) is 10.6. The van der Waals surface area contributed by atoms with Crippen molar-refractivity contribution in [2.75, 3.05) is 13.6 Å². The van der Waals surface area contributed by atoms with Crippen LogP contribution < -0.4 is 0 Å². The number of aliphatic hydroxyl groups excluding tert-OH is 2. The fourth-order valence-electron chi connectivity index (χ4n) is 3.30. The number of allylic oxidation sites excluding steroid dienone is 1. The predicted molar refractivity (Wildman–Crippen MR) is 67.6 cm³/mol. The smallest absolute Gasteiger partial charge is 0.144 e. The highest BCUT2D eigenvalue weighted by molar-refractivity contribution is 5.10. The van der Waals surface area contributed by atoms with Crippen molar-refractivity contribution in [1.29, 1.82) is 0 Å². The molecule has 2 aliphatic rings. The van der Waals surface area contributed by atoms with Gasteiger partial charge in [-0.25, -0.2) is 0 Å². The van der Waals surface area contributed by atoms with Crippen LogP contribution in [-0.4, -0.2) is 36.0 Å². The van der Waals surface area contributed by atoms with Crippen LogP contribution in [0.25, 0.3) is 0 Å². The predicted octanol–water partition coefficient (Wildman–Crippen LogP) is 1.44. The Morgan fingerprint density at radius 1 is 1.06 bits per heavy atom. The number of aliphatic hydroxyl groups is 2. The number of hydrogen-bond acceptors (Lipinski definition) is 4. The van der Waals surface area contributed by atoms with Crippen molar-refractivity contribution in [3.05, 3.63) is 24.8 Å². The highest BCUT2D eigenvalue weighted by Gasteiger charge is 2.40. The van der Waals surface area contributed by atoms with Crippen LogP contribution in [0, 0.1) is 17.8 Å². The Hall–Kier alpha value is -0.680. The van der Waals surface area contributed by atoms with Gasteiger partial charge in [0.1, 0.15) is 13.6 Å². The molecular weight excluding hydrogens is 232 g/mol. The van der Waals surface area contributed by atoms with Crippen LogP contribution in [0.5, 0.6) is 0 Å². The zero-order valence-electron chi connectivity index (χ0n) is 10.6. The van der Waals surface area contributed by atoms with Crippen LogP contribution >= 0.6 is 0 Å². The van der Waals surface area contributed by atoms with Gasteiger partial charge in [0.05, 0.1) is 12.2 Å². The summed E-state index contributed by atoms with van der Waals surface area (Å²) >= 11 is 0. The molecule has 0 saturated heterocycles. The van der Waals surface area contributed by atoms with Crippen molar-refractivity contribution < 1.29 is 19.7 Å². The van der Waals surface area contributed by atoms with E-state index < -0.39 is 0 Å². The van der Waals surface area contributed by atoms with E-state index in [0.717, 1.165) is 19.3 Å². The average molecular weight is 254 g/mol. The third kappa shape index (κ3) is 2.83. The van der Waals surface area contributed by atoms with Gasteiger partial charge < -0.3 is 19.7 Å². The molecule has 102 valence electrons. The first kappa shape index (κ1) is 13.7. The van der Waals surface area contributed by atoms with E-state index in [0.29, 0.717) is 17.8 Å². The third-order valence-electron chi connectivity index (χ3n) is 4.20. The van der Waals surface area contributed by atoms with E-state index in [1.165, 1.54) is 0 Å². The molecule has 4 nitrogen and oxygen atoms in total. The maximum absolute atomic E-state index is 8.95. The summed E-state index contributed by atoms with van der Waals surface area (Å²) in [5.41, 5.74) is 0. The Kier molecular flexibility index (Phi) is 4.95. The van der Waals surface area contributed by atoms with Crippen LogP contribution in [0.3, 0.4) is 0 Å². The Morgan fingerprint density at radius 3 is 2.22 bits per heavy atom. The number of rotatable bonds is 5. The summed E-state index contributed by atoms with van der Waals surface area (Å²) in [5, 5.41) is 17.9. The van der Waals surface area contributed by atoms with Gasteiger partial charge in [-0.05, 0) is 37.0 Å². The molecule has 18 heavy (non-hydrogen) atoms. The Balaban J connectivity index is 2.11. The van der Waals surface area contributed by atoms with Gasteiger partial charge in [0.15, 0.2) is 0 Å². The van der Waals surface area contributed by atoms with Crippen LogP contribution in [0.2, 0.25) is 0 Å². The first-order valence-corrected chi connectivity index (χ1v) is 6.56. The van der Waals surface area contributed by atoms with Crippen LogP contribution in [0.4, 0.5) is 0 Å². The topological polar surface area (TPSA) is 58.9 Å². The summed E-state index contributed by atoms with van der Waals surface area (Å²) in [5.74, 6) is 1.20. The molecular formula is C14H22O4. The second-order valence-corrected chi connectivity index (χ2v) is 5.04. The van der Waals surface area contributed by atoms with Crippen LogP contribution in [-0.2, 0) is 9.47 Å². The molecule has 0 aromatic heterocycles. The highest BCUT2D eigenvalue weighted by atomic mass is 16.6. The van der Waals surface area contributed by atoms with Crippen LogP contribution in [0.15, 0.2) is 24.8 Å².